The third-order valence-corrected chi connectivity index (χ3v) is 3.69. The minimum absolute atomic E-state index is 0.0169. The molecule has 1 fully saturated rings. The molecule has 6 nitrogen and oxygen atoms in total. The first-order chi connectivity index (χ1) is 9.08. The summed E-state index contributed by atoms with van der Waals surface area (Å²) in [6, 6.07) is 6.24. The van der Waals surface area contributed by atoms with E-state index in [0.717, 1.165) is 13.0 Å². The van der Waals surface area contributed by atoms with E-state index < -0.39 is 4.92 Å². The van der Waals surface area contributed by atoms with Crippen molar-refractivity contribution in [3.63, 3.8) is 0 Å². The summed E-state index contributed by atoms with van der Waals surface area (Å²) >= 11 is 0. The lowest BCUT2D eigenvalue weighted by Gasteiger charge is -2.27. The van der Waals surface area contributed by atoms with Crippen LogP contribution in [0.2, 0.25) is 0 Å². The van der Waals surface area contributed by atoms with E-state index in [2.05, 4.69) is 6.92 Å². The van der Waals surface area contributed by atoms with Crippen LogP contribution < -0.4 is 4.90 Å². The summed E-state index contributed by atoms with van der Waals surface area (Å²) in [4.78, 5) is 12.2. The van der Waals surface area contributed by atoms with E-state index in [4.69, 9.17) is 5.26 Å². The second-order valence-electron chi connectivity index (χ2n) is 4.78. The Bertz CT molecular complexity index is 538. The van der Waals surface area contributed by atoms with Gasteiger partial charge in [-0.2, -0.15) is 5.26 Å². The van der Waals surface area contributed by atoms with E-state index in [1.807, 2.05) is 11.0 Å². The first-order valence-corrected chi connectivity index (χ1v) is 6.14. The van der Waals surface area contributed by atoms with Gasteiger partial charge in [-0.1, -0.05) is 6.92 Å². The number of rotatable bonds is 3. The van der Waals surface area contributed by atoms with Crippen molar-refractivity contribution in [3.05, 3.63) is 33.9 Å². The number of nitro benzene ring substituents is 1. The van der Waals surface area contributed by atoms with Crippen molar-refractivity contribution < 1.29 is 10.0 Å². The molecule has 1 saturated heterocycles. The highest BCUT2D eigenvalue weighted by molar-refractivity contribution is 5.64. The maximum absolute atomic E-state index is 10.7. The highest BCUT2D eigenvalue weighted by Gasteiger charge is 2.32. The molecule has 1 aromatic rings. The lowest BCUT2D eigenvalue weighted by Crippen LogP contribution is -2.35. The largest absolute Gasteiger partial charge is 0.394 e. The maximum Gasteiger partial charge on any atom is 0.270 e. The van der Waals surface area contributed by atoms with Crippen molar-refractivity contribution in [1.82, 2.24) is 0 Å². The summed E-state index contributed by atoms with van der Waals surface area (Å²) in [7, 11) is 0. The van der Waals surface area contributed by atoms with Crippen molar-refractivity contribution in [2.75, 3.05) is 18.1 Å². The predicted molar refractivity (Wildman–Crippen MR) is 69.8 cm³/mol. The number of aliphatic hydroxyl groups excluding tert-OH is 1. The van der Waals surface area contributed by atoms with Gasteiger partial charge in [0.1, 0.15) is 6.07 Å². The fraction of sp³-hybridized carbons (Fsp3) is 0.462. The van der Waals surface area contributed by atoms with Gasteiger partial charge < -0.3 is 10.0 Å². The molecule has 1 aliphatic heterocycles. The zero-order valence-electron chi connectivity index (χ0n) is 10.6. The summed E-state index contributed by atoms with van der Waals surface area (Å²) in [5, 5.41) is 29.3. The highest BCUT2D eigenvalue weighted by Crippen LogP contribution is 2.33. The average molecular weight is 261 g/mol. The van der Waals surface area contributed by atoms with E-state index in [1.54, 1.807) is 6.07 Å². The van der Waals surface area contributed by atoms with Crippen molar-refractivity contribution in [2.24, 2.45) is 5.92 Å². The summed E-state index contributed by atoms with van der Waals surface area (Å²) < 4.78 is 0. The van der Waals surface area contributed by atoms with Gasteiger partial charge in [-0.25, -0.2) is 0 Å². The Kier molecular flexibility index (Phi) is 3.67. The smallest absolute Gasteiger partial charge is 0.270 e. The van der Waals surface area contributed by atoms with Gasteiger partial charge in [0, 0.05) is 18.7 Å². The van der Waals surface area contributed by atoms with E-state index in [-0.39, 0.29) is 23.9 Å². The van der Waals surface area contributed by atoms with Crippen molar-refractivity contribution >= 4 is 11.4 Å². The van der Waals surface area contributed by atoms with Crippen LogP contribution in [0.5, 0.6) is 0 Å². The average Bonchev–Trinajstić information content (AvgIpc) is 2.78. The molecule has 1 heterocycles. The maximum atomic E-state index is 10.7. The second-order valence-corrected chi connectivity index (χ2v) is 4.78. The Balaban J connectivity index is 2.40. The topological polar surface area (TPSA) is 90.4 Å². The van der Waals surface area contributed by atoms with Crippen LogP contribution in [0.25, 0.3) is 0 Å². The quantitative estimate of drug-likeness (QED) is 0.660. The molecule has 0 spiro atoms. The number of non-ortho nitro benzene ring substituents is 1. The van der Waals surface area contributed by atoms with Gasteiger partial charge in [-0.05, 0) is 18.4 Å². The molecular formula is C13H15N3O3. The first kappa shape index (κ1) is 13.3. The van der Waals surface area contributed by atoms with E-state index in [1.165, 1.54) is 12.1 Å². The van der Waals surface area contributed by atoms with Gasteiger partial charge in [0.05, 0.1) is 28.8 Å². The molecule has 1 aliphatic rings. The number of nitrogens with zero attached hydrogens (tertiary/aromatic N) is 3. The summed E-state index contributed by atoms with van der Waals surface area (Å²) in [6.07, 6.45) is 0.938. The van der Waals surface area contributed by atoms with E-state index in [9.17, 15) is 15.2 Å². The summed E-state index contributed by atoms with van der Waals surface area (Å²) in [6.45, 7) is 2.82. The van der Waals surface area contributed by atoms with Crippen molar-refractivity contribution in [1.29, 1.82) is 5.26 Å². The number of benzene rings is 1. The first-order valence-electron chi connectivity index (χ1n) is 6.14. The van der Waals surface area contributed by atoms with Crippen LogP contribution in [0.4, 0.5) is 11.4 Å². The van der Waals surface area contributed by atoms with Crippen LogP contribution in [-0.4, -0.2) is 29.2 Å². The molecule has 2 atom stereocenters. The molecule has 0 radical (unpaired) electrons. The lowest BCUT2D eigenvalue weighted by molar-refractivity contribution is -0.384. The Labute approximate surface area is 111 Å². The van der Waals surface area contributed by atoms with Crippen molar-refractivity contribution in [2.45, 2.75) is 19.4 Å². The van der Waals surface area contributed by atoms with Crippen LogP contribution in [-0.2, 0) is 0 Å². The van der Waals surface area contributed by atoms with Crippen molar-refractivity contribution in [3.8, 4) is 6.07 Å². The van der Waals surface area contributed by atoms with E-state index >= 15 is 0 Å². The fourth-order valence-corrected chi connectivity index (χ4v) is 2.56. The molecule has 100 valence electrons. The van der Waals surface area contributed by atoms with Gasteiger partial charge >= 0.3 is 0 Å². The second kappa shape index (κ2) is 5.24. The molecule has 2 rings (SSSR count). The van der Waals surface area contributed by atoms with Gasteiger partial charge in [0.15, 0.2) is 0 Å². The summed E-state index contributed by atoms with van der Waals surface area (Å²) in [5.74, 6) is 0.340. The fourth-order valence-electron chi connectivity index (χ4n) is 2.56. The van der Waals surface area contributed by atoms with Gasteiger partial charge in [-0.15, -0.1) is 0 Å². The minimum Gasteiger partial charge on any atom is -0.394 e. The Morgan fingerprint density at radius 1 is 1.63 bits per heavy atom. The number of nitriles is 1. The zero-order valence-corrected chi connectivity index (χ0v) is 10.6. The van der Waals surface area contributed by atoms with Gasteiger partial charge in [-0.3, -0.25) is 10.1 Å². The van der Waals surface area contributed by atoms with Crippen LogP contribution in [0.3, 0.4) is 0 Å². The molecule has 0 saturated carbocycles. The number of hydrogen-bond acceptors (Lipinski definition) is 5. The highest BCUT2D eigenvalue weighted by atomic mass is 16.6. The number of anilines is 1. The minimum atomic E-state index is -0.513. The number of nitro groups is 1. The van der Waals surface area contributed by atoms with Crippen LogP contribution in [0.1, 0.15) is 18.9 Å². The molecule has 0 bridgehead atoms. The van der Waals surface area contributed by atoms with E-state index in [0.29, 0.717) is 11.6 Å². The molecule has 1 N–H and O–H groups in total. The Morgan fingerprint density at radius 2 is 2.37 bits per heavy atom. The third kappa shape index (κ3) is 2.37. The molecule has 0 aliphatic carbocycles. The lowest BCUT2D eigenvalue weighted by atomic mass is 10.0. The zero-order chi connectivity index (χ0) is 14.0. The Hall–Kier alpha value is -2.13. The molecular weight excluding hydrogens is 246 g/mol. The van der Waals surface area contributed by atoms with Crippen LogP contribution in [0, 0.1) is 27.4 Å². The molecule has 19 heavy (non-hydrogen) atoms. The van der Waals surface area contributed by atoms with Crippen LogP contribution >= 0.6 is 0 Å². The van der Waals surface area contributed by atoms with Gasteiger partial charge in [0.25, 0.3) is 5.69 Å². The summed E-state index contributed by atoms with van der Waals surface area (Å²) in [5.41, 5.74) is 0.853. The molecule has 0 amide bonds. The monoisotopic (exact) mass is 261 g/mol. The SMILES string of the molecule is CC1CCN(c2ccc([N+](=O)[O-])cc2C#N)C1CO. The molecule has 2 unspecified atom stereocenters. The standard InChI is InChI=1S/C13H15N3O3/c1-9-4-5-15(13(9)8-17)12-3-2-11(16(18)19)6-10(12)7-14/h2-3,6,9,13,17H,4-5,8H2,1H3. The number of hydrogen-bond donors (Lipinski definition) is 1. The molecule has 1 aromatic carbocycles. The molecule has 6 heteroatoms. The third-order valence-electron chi connectivity index (χ3n) is 3.69. The Morgan fingerprint density at radius 3 is 2.95 bits per heavy atom. The predicted octanol–water partition coefficient (Wildman–Crippen LogP) is 1.67. The van der Waals surface area contributed by atoms with Crippen LogP contribution in [0.15, 0.2) is 18.2 Å². The molecule has 0 aromatic heterocycles. The number of aliphatic hydroxyl groups is 1. The van der Waals surface area contributed by atoms with Gasteiger partial charge in [0.2, 0.25) is 0 Å². The normalized spacial score (nSPS) is 22.3.